The molecular formula is C9H16F2N2O2. The van der Waals surface area contributed by atoms with Crippen LogP contribution >= 0.6 is 0 Å². The number of hydrogen-bond acceptors (Lipinski definition) is 3. The fourth-order valence-electron chi connectivity index (χ4n) is 1.72. The molecule has 2 atom stereocenters. The summed E-state index contributed by atoms with van der Waals surface area (Å²) in [4.78, 5) is 11.4. The molecule has 1 fully saturated rings. The van der Waals surface area contributed by atoms with Crippen LogP contribution < -0.4 is 11.1 Å². The number of alkyl halides is 2. The molecule has 0 aliphatic heterocycles. The van der Waals surface area contributed by atoms with Gasteiger partial charge in [0.2, 0.25) is 5.91 Å². The third-order valence-corrected chi connectivity index (χ3v) is 2.66. The van der Waals surface area contributed by atoms with E-state index in [1.807, 2.05) is 0 Å². The quantitative estimate of drug-likeness (QED) is 0.619. The Labute approximate surface area is 86.8 Å². The number of aliphatic hydroxyl groups is 1. The van der Waals surface area contributed by atoms with Gasteiger partial charge >= 0.3 is 0 Å². The number of rotatable bonds is 4. The predicted octanol–water partition coefficient (Wildman–Crippen LogP) is -0.142. The second-order valence-electron chi connectivity index (χ2n) is 3.93. The molecule has 0 saturated heterocycles. The Morgan fingerprint density at radius 2 is 2.20 bits per heavy atom. The Morgan fingerprint density at radius 1 is 1.53 bits per heavy atom. The lowest BCUT2D eigenvalue weighted by Crippen LogP contribution is -2.44. The molecule has 0 aromatic heterocycles. The van der Waals surface area contributed by atoms with Crippen molar-refractivity contribution in [1.82, 2.24) is 5.32 Å². The smallest absolute Gasteiger partial charge is 0.287 e. The van der Waals surface area contributed by atoms with Gasteiger partial charge < -0.3 is 16.2 Å². The van der Waals surface area contributed by atoms with Crippen molar-refractivity contribution in [1.29, 1.82) is 0 Å². The molecule has 0 radical (unpaired) electrons. The van der Waals surface area contributed by atoms with Crippen LogP contribution in [0.3, 0.4) is 0 Å². The molecule has 1 aliphatic carbocycles. The van der Waals surface area contributed by atoms with E-state index in [4.69, 9.17) is 10.8 Å². The Bertz CT molecular complexity index is 236. The largest absolute Gasteiger partial charge is 0.390 e. The van der Waals surface area contributed by atoms with Crippen LogP contribution in [0.1, 0.15) is 19.3 Å². The molecule has 0 spiro atoms. The summed E-state index contributed by atoms with van der Waals surface area (Å²) in [5.41, 5.74) is 5.65. The molecule has 0 aromatic carbocycles. The van der Waals surface area contributed by atoms with E-state index in [-0.39, 0.29) is 12.0 Å². The van der Waals surface area contributed by atoms with Crippen LogP contribution in [0.5, 0.6) is 0 Å². The van der Waals surface area contributed by atoms with Crippen molar-refractivity contribution in [2.75, 3.05) is 13.2 Å². The van der Waals surface area contributed by atoms with Gasteiger partial charge in [0, 0.05) is 6.04 Å². The predicted molar refractivity (Wildman–Crippen MR) is 50.4 cm³/mol. The van der Waals surface area contributed by atoms with Crippen molar-refractivity contribution in [3.05, 3.63) is 0 Å². The van der Waals surface area contributed by atoms with Gasteiger partial charge in [-0.05, 0) is 12.8 Å². The highest BCUT2D eigenvalue weighted by molar-refractivity contribution is 5.79. The molecule has 1 saturated carbocycles. The Morgan fingerprint density at radius 3 is 2.67 bits per heavy atom. The van der Waals surface area contributed by atoms with E-state index in [1.54, 1.807) is 0 Å². The third kappa shape index (κ3) is 3.39. The van der Waals surface area contributed by atoms with E-state index >= 15 is 0 Å². The highest BCUT2D eigenvalue weighted by Crippen LogP contribution is 2.24. The first kappa shape index (κ1) is 12.3. The molecule has 4 nitrogen and oxygen atoms in total. The summed E-state index contributed by atoms with van der Waals surface area (Å²) < 4.78 is 25.2. The fraction of sp³-hybridized carbons (Fsp3) is 0.889. The van der Waals surface area contributed by atoms with E-state index in [2.05, 4.69) is 5.32 Å². The van der Waals surface area contributed by atoms with E-state index in [0.717, 1.165) is 12.8 Å². The maximum Gasteiger partial charge on any atom is 0.287 e. The number of hydrogen-bond donors (Lipinski definition) is 3. The van der Waals surface area contributed by atoms with Crippen LogP contribution in [-0.4, -0.2) is 36.1 Å². The molecule has 2 unspecified atom stereocenters. The molecule has 0 heterocycles. The van der Waals surface area contributed by atoms with Crippen molar-refractivity contribution in [3.8, 4) is 0 Å². The molecule has 1 rings (SSSR count). The zero-order valence-corrected chi connectivity index (χ0v) is 8.38. The van der Waals surface area contributed by atoms with Gasteiger partial charge in [-0.25, -0.2) is 8.78 Å². The van der Waals surface area contributed by atoms with Crippen LogP contribution in [0.25, 0.3) is 0 Å². The van der Waals surface area contributed by atoms with Gasteiger partial charge in [-0.3, -0.25) is 4.79 Å². The Balaban J connectivity index is 2.36. The summed E-state index contributed by atoms with van der Waals surface area (Å²) in [7, 11) is 0. The van der Waals surface area contributed by atoms with E-state index in [9.17, 15) is 13.6 Å². The van der Waals surface area contributed by atoms with Crippen LogP contribution in [0.15, 0.2) is 0 Å². The molecule has 1 aliphatic rings. The number of nitrogens with two attached hydrogens (primary N) is 1. The van der Waals surface area contributed by atoms with E-state index in [1.165, 1.54) is 0 Å². The lowest BCUT2D eigenvalue weighted by atomic mass is 10.0. The maximum absolute atomic E-state index is 12.6. The number of halogens is 2. The third-order valence-electron chi connectivity index (χ3n) is 2.66. The summed E-state index contributed by atoms with van der Waals surface area (Å²) in [5.74, 6) is -4.05. The molecule has 0 bridgehead atoms. The van der Waals surface area contributed by atoms with Crippen LogP contribution in [0.2, 0.25) is 0 Å². The summed E-state index contributed by atoms with van der Waals surface area (Å²) in [5, 5.41) is 10.4. The summed E-state index contributed by atoms with van der Waals surface area (Å²) >= 11 is 0. The van der Waals surface area contributed by atoms with E-state index < -0.39 is 25.0 Å². The van der Waals surface area contributed by atoms with Crippen LogP contribution in [-0.2, 0) is 4.79 Å². The van der Waals surface area contributed by atoms with Crippen molar-refractivity contribution in [2.24, 2.45) is 11.7 Å². The van der Waals surface area contributed by atoms with Crippen molar-refractivity contribution >= 4 is 5.91 Å². The van der Waals surface area contributed by atoms with Gasteiger partial charge in [-0.15, -0.1) is 0 Å². The first-order chi connectivity index (χ1) is 6.96. The van der Waals surface area contributed by atoms with E-state index in [0.29, 0.717) is 6.42 Å². The topological polar surface area (TPSA) is 75.4 Å². The first-order valence-electron chi connectivity index (χ1n) is 4.98. The lowest BCUT2D eigenvalue weighted by Gasteiger charge is -2.18. The zero-order valence-electron chi connectivity index (χ0n) is 8.38. The summed E-state index contributed by atoms with van der Waals surface area (Å²) in [6.07, 6.45) is 2.27. The second-order valence-corrected chi connectivity index (χ2v) is 3.93. The summed E-state index contributed by atoms with van der Waals surface area (Å²) in [6, 6.07) is -0.229. The van der Waals surface area contributed by atoms with Gasteiger partial charge in [-0.1, -0.05) is 6.42 Å². The lowest BCUT2D eigenvalue weighted by molar-refractivity contribution is -0.128. The normalized spacial score (nSPS) is 26.7. The summed E-state index contributed by atoms with van der Waals surface area (Å²) in [6.45, 7) is -2.09. The van der Waals surface area contributed by atoms with Crippen molar-refractivity contribution in [2.45, 2.75) is 31.2 Å². The average molecular weight is 222 g/mol. The first-order valence-corrected chi connectivity index (χ1v) is 4.98. The fourth-order valence-corrected chi connectivity index (χ4v) is 1.72. The number of nitrogens with one attached hydrogen (secondary N) is 1. The second kappa shape index (κ2) is 4.85. The minimum Gasteiger partial charge on any atom is -0.390 e. The highest BCUT2D eigenvalue weighted by atomic mass is 19.3. The number of carbonyl (C=O) groups excluding carboxylic acids is 1. The zero-order chi connectivity index (χ0) is 11.5. The number of carbonyl (C=O) groups is 1. The Kier molecular flexibility index (Phi) is 3.98. The molecule has 15 heavy (non-hydrogen) atoms. The molecule has 1 amide bonds. The molecule has 6 heteroatoms. The van der Waals surface area contributed by atoms with Crippen molar-refractivity contribution < 1.29 is 18.7 Å². The monoisotopic (exact) mass is 222 g/mol. The molecule has 0 aromatic rings. The maximum atomic E-state index is 12.6. The molecule has 4 N–H and O–H groups in total. The number of aliphatic hydroxyl groups excluding tert-OH is 1. The standard InChI is InChI=1S/C9H16F2N2O2/c10-9(11,5-14)4-13-8(15)6-2-1-3-7(6)12/h6-7,14H,1-5,12H2,(H,13,15). The minimum atomic E-state index is -3.25. The van der Waals surface area contributed by atoms with Crippen LogP contribution in [0.4, 0.5) is 8.78 Å². The molecular weight excluding hydrogens is 206 g/mol. The Hall–Kier alpha value is -0.750. The van der Waals surface area contributed by atoms with Crippen LogP contribution in [0, 0.1) is 5.92 Å². The van der Waals surface area contributed by atoms with Crippen molar-refractivity contribution in [3.63, 3.8) is 0 Å². The number of amides is 1. The van der Waals surface area contributed by atoms with Gasteiger partial charge in [0.25, 0.3) is 5.92 Å². The molecule has 88 valence electrons. The van der Waals surface area contributed by atoms with Gasteiger partial charge in [0.1, 0.15) is 6.61 Å². The average Bonchev–Trinajstić information content (AvgIpc) is 2.61. The highest BCUT2D eigenvalue weighted by Gasteiger charge is 2.33. The SMILES string of the molecule is NC1CCCC1C(=O)NCC(F)(F)CO. The minimum absolute atomic E-state index is 0.229. The van der Waals surface area contributed by atoms with Gasteiger partial charge in [0.15, 0.2) is 0 Å². The van der Waals surface area contributed by atoms with Gasteiger partial charge in [0.05, 0.1) is 12.5 Å². The van der Waals surface area contributed by atoms with Gasteiger partial charge in [-0.2, -0.15) is 0 Å².